The highest BCUT2D eigenvalue weighted by atomic mass is 32.2. The predicted molar refractivity (Wildman–Crippen MR) is 106 cm³/mol. The molecule has 0 aromatic heterocycles. The molecular formula is C20H26N2O3S. The smallest absolute Gasteiger partial charge is 0.253 e. The Bertz CT molecular complexity index is 820. The monoisotopic (exact) mass is 374 g/mol. The molecule has 1 amide bonds. The molecule has 0 atom stereocenters. The van der Waals surface area contributed by atoms with Crippen LogP contribution in [0.15, 0.2) is 54.6 Å². The average Bonchev–Trinajstić information content (AvgIpc) is 2.63. The molecule has 2 aromatic carbocycles. The lowest BCUT2D eigenvalue weighted by Crippen LogP contribution is -2.33. The molecule has 0 saturated carbocycles. The minimum Gasteiger partial charge on any atom is -0.352 e. The molecule has 0 aliphatic rings. The van der Waals surface area contributed by atoms with Crippen molar-refractivity contribution in [2.24, 2.45) is 0 Å². The van der Waals surface area contributed by atoms with Gasteiger partial charge in [-0.3, -0.25) is 9.10 Å². The molecule has 26 heavy (non-hydrogen) atoms. The summed E-state index contributed by atoms with van der Waals surface area (Å²) in [5.74, 6) is -0.251. The summed E-state index contributed by atoms with van der Waals surface area (Å²) >= 11 is 0. The fraction of sp³-hybridized carbons (Fsp3) is 0.350. The van der Waals surface area contributed by atoms with Gasteiger partial charge in [0, 0.05) is 6.54 Å². The van der Waals surface area contributed by atoms with E-state index >= 15 is 0 Å². The Morgan fingerprint density at radius 1 is 1.00 bits per heavy atom. The molecule has 0 bridgehead atoms. The maximum Gasteiger partial charge on any atom is 0.253 e. The number of carbonyl (C=O) groups is 1. The molecule has 0 unspecified atom stereocenters. The molecular weight excluding hydrogens is 348 g/mol. The van der Waals surface area contributed by atoms with Gasteiger partial charge in [0.15, 0.2) is 0 Å². The number of rotatable bonds is 9. The number of anilines is 1. The average molecular weight is 375 g/mol. The zero-order valence-corrected chi connectivity index (χ0v) is 16.1. The minimum absolute atomic E-state index is 0.180. The summed E-state index contributed by atoms with van der Waals surface area (Å²) in [6.07, 6.45) is 4.19. The zero-order valence-electron chi connectivity index (χ0n) is 15.3. The van der Waals surface area contributed by atoms with Gasteiger partial charge in [-0.1, -0.05) is 62.2 Å². The topological polar surface area (TPSA) is 66.5 Å². The van der Waals surface area contributed by atoms with Gasteiger partial charge in [-0.15, -0.1) is 0 Å². The number of amides is 1. The standard InChI is InChI=1S/C20H26N2O3S/c1-3-4-10-15-21-20(23)18-13-8-9-14-19(18)22(26(2,24)25)16-17-11-6-5-7-12-17/h5-9,11-14H,3-4,10,15-16H2,1-2H3,(H,21,23). The van der Waals surface area contributed by atoms with Crippen molar-refractivity contribution in [3.63, 3.8) is 0 Å². The van der Waals surface area contributed by atoms with Crippen molar-refractivity contribution >= 4 is 21.6 Å². The van der Waals surface area contributed by atoms with Crippen LogP contribution >= 0.6 is 0 Å². The van der Waals surface area contributed by atoms with Gasteiger partial charge >= 0.3 is 0 Å². The van der Waals surface area contributed by atoms with Crippen LogP contribution in [0.5, 0.6) is 0 Å². The Morgan fingerprint density at radius 3 is 2.31 bits per heavy atom. The third kappa shape index (κ3) is 5.59. The van der Waals surface area contributed by atoms with Crippen molar-refractivity contribution in [2.45, 2.75) is 32.7 Å². The molecule has 0 heterocycles. The Balaban J connectivity index is 2.29. The van der Waals surface area contributed by atoms with E-state index in [1.165, 1.54) is 4.31 Å². The van der Waals surface area contributed by atoms with Gasteiger partial charge in [0.1, 0.15) is 0 Å². The van der Waals surface area contributed by atoms with Crippen LogP contribution < -0.4 is 9.62 Å². The van der Waals surface area contributed by atoms with E-state index < -0.39 is 10.0 Å². The van der Waals surface area contributed by atoms with Crippen molar-refractivity contribution in [1.82, 2.24) is 5.32 Å². The van der Waals surface area contributed by atoms with Gasteiger partial charge in [0.2, 0.25) is 10.0 Å². The zero-order chi connectivity index (χ0) is 19.0. The van der Waals surface area contributed by atoms with Crippen LogP contribution in [-0.4, -0.2) is 27.1 Å². The third-order valence-corrected chi connectivity index (χ3v) is 5.18. The van der Waals surface area contributed by atoms with E-state index in [1.807, 2.05) is 30.3 Å². The van der Waals surface area contributed by atoms with E-state index in [4.69, 9.17) is 0 Å². The van der Waals surface area contributed by atoms with E-state index in [-0.39, 0.29) is 12.5 Å². The fourth-order valence-corrected chi connectivity index (χ4v) is 3.59. The molecule has 6 heteroatoms. The first-order valence-corrected chi connectivity index (χ1v) is 10.7. The molecule has 0 fully saturated rings. The lowest BCUT2D eigenvalue weighted by atomic mass is 10.1. The molecule has 140 valence electrons. The number of benzene rings is 2. The Kier molecular flexibility index (Phi) is 7.21. The Labute approximate surface area is 156 Å². The molecule has 2 rings (SSSR count). The van der Waals surface area contributed by atoms with E-state index in [2.05, 4.69) is 12.2 Å². The minimum atomic E-state index is -3.55. The second-order valence-electron chi connectivity index (χ2n) is 6.24. The highest BCUT2D eigenvalue weighted by molar-refractivity contribution is 7.92. The van der Waals surface area contributed by atoms with Gasteiger partial charge in [-0.25, -0.2) is 8.42 Å². The largest absolute Gasteiger partial charge is 0.352 e. The molecule has 0 radical (unpaired) electrons. The molecule has 0 spiro atoms. The number of para-hydroxylation sites is 1. The van der Waals surface area contributed by atoms with Crippen molar-refractivity contribution in [2.75, 3.05) is 17.1 Å². The summed E-state index contributed by atoms with van der Waals surface area (Å²) in [7, 11) is -3.55. The molecule has 1 N–H and O–H groups in total. The highest BCUT2D eigenvalue weighted by Crippen LogP contribution is 2.25. The summed E-state index contributed by atoms with van der Waals surface area (Å²) in [5, 5.41) is 2.88. The van der Waals surface area contributed by atoms with Crippen LogP contribution in [0.4, 0.5) is 5.69 Å². The van der Waals surface area contributed by atoms with Crippen molar-refractivity contribution in [1.29, 1.82) is 0 Å². The predicted octanol–water partition coefficient (Wildman–Crippen LogP) is 3.57. The van der Waals surface area contributed by atoms with Gasteiger partial charge < -0.3 is 5.32 Å². The summed E-state index contributed by atoms with van der Waals surface area (Å²) in [4.78, 5) is 12.6. The number of unbranched alkanes of at least 4 members (excludes halogenated alkanes) is 2. The molecule has 0 aliphatic carbocycles. The highest BCUT2D eigenvalue weighted by Gasteiger charge is 2.23. The van der Waals surface area contributed by atoms with E-state index in [0.29, 0.717) is 17.8 Å². The maximum atomic E-state index is 12.6. The summed E-state index contributed by atoms with van der Waals surface area (Å²) in [6.45, 7) is 2.86. The summed E-state index contributed by atoms with van der Waals surface area (Å²) in [5.41, 5.74) is 1.62. The normalized spacial score (nSPS) is 11.2. The Morgan fingerprint density at radius 2 is 1.65 bits per heavy atom. The molecule has 2 aromatic rings. The number of nitrogens with zero attached hydrogens (tertiary/aromatic N) is 1. The number of nitrogens with one attached hydrogen (secondary N) is 1. The fourth-order valence-electron chi connectivity index (χ4n) is 2.69. The van der Waals surface area contributed by atoms with Crippen LogP contribution in [0.2, 0.25) is 0 Å². The summed E-state index contributed by atoms with van der Waals surface area (Å²) in [6, 6.07) is 16.2. The molecule has 0 saturated heterocycles. The maximum absolute atomic E-state index is 12.6. The lowest BCUT2D eigenvalue weighted by Gasteiger charge is -2.24. The van der Waals surface area contributed by atoms with Crippen LogP contribution in [0.3, 0.4) is 0 Å². The second-order valence-corrected chi connectivity index (χ2v) is 8.14. The van der Waals surface area contributed by atoms with Gasteiger partial charge in [0.25, 0.3) is 5.91 Å². The van der Waals surface area contributed by atoms with Crippen LogP contribution in [0, 0.1) is 0 Å². The van der Waals surface area contributed by atoms with Crippen LogP contribution in [-0.2, 0) is 16.6 Å². The first-order valence-electron chi connectivity index (χ1n) is 8.82. The van der Waals surface area contributed by atoms with Gasteiger partial charge in [-0.2, -0.15) is 0 Å². The van der Waals surface area contributed by atoms with Gasteiger partial charge in [-0.05, 0) is 24.1 Å². The van der Waals surface area contributed by atoms with E-state index in [1.54, 1.807) is 24.3 Å². The van der Waals surface area contributed by atoms with Crippen molar-refractivity contribution in [3.8, 4) is 0 Å². The number of hydrogen-bond acceptors (Lipinski definition) is 3. The van der Waals surface area contributed by atoms with E-state index in [9.17, 15) is 13.2 Å². The van der Waals surface area contributed by atoms with Crippen LogP contribution in [0.25, 0.3) is 0 Å². The number of carbonyl (C=O) groups excluding carboxylic acids is 1. The quantitative estimate of drug-likeness (QED) is 0.682. The number of sulfonamides is 1. The number of hydrogen-bond donors (Lipinski definition) is 1. The van der Waals surface area contributed by atoms with Crippen LogP contribution in [0.1, 0.15) is 42.1 Å². The molecule has 5 nitrogen and oxygen atoms in total. The summed E-state index contributed by atoms with van der Waals surface area (Å²) < 4.78 is 26.1. The Hall–Kier alpha value is -2.34. The molecule has 0 aliphatic heterocycles. The first-order chi connectivity index (χ1) is 12.4. The SMILES string of the molecule is CCCCCNC(=O)c1ccccc1N(Cc1ccccc1)S(C)(=O)=O. The van der Waals surface area contributed by atoms with E-state index in [0.717, 1.165) is 31.1 Å². The van der Waals surface area contributed by atoms with Gasteiger partial charge in [0.05, 0.1) is 24.1 Å². The second kappa shape index (κ2) is 9.38. The van der Waals surface area contributed by atoms with Crippen molar-refractivity contribution < 1.29 is 13.2 Å². The lowest BCUT2D eigenvalue weighted by molar-refractivity contribution is 0.0953. The third-order valence-electron chi connectivity index (χ3n) is 4.05. The van der Waals surface area contributed by atoms with Crippen molar-refractivity contribution in [3.05, 3.63) is 65.7 Å². The first kappa shape index (κ1) is 20.0.